The highest BCUT2D eigenvalue weighted by Crippen LogP contribution is 2.46. The van der Waals surface area contributed by atoms with Crippen LogP contribution in [0.2, 0.25) is 10.0 Å². The molecule has 8 heteroatoms. The Labute approximate surface area is 194 Å². The van der Waals surface area contributed by atoms with Crippen LogP contribution in [0.5, 0.6) is 5.75 Å². The van der Waals surface area contributed by atoms with Gasteiger partial charge in [0.1, 0.15) is 17.1 Å². The minimum atomic E-state index is -0.428. The Morgan fingerprint density at radius 3 is 2.66 bits per heavy atom. The van der Waals surface area contributed by atoms with Gasteiger partial charge in [0.15, 0.2) is 0 Å². The lowest BCUT2D eigenvalue weighted by atomic mass is 9.95. The number of pyridine rings is 1. The first-order chi connectivity index (χ1) is 15.4. The van der Waals surface area contributed by atoms with Gasteiger partial charge in [-0.25, -0.2) is 0 Å². The number of H-pyrrole nitrogens is 1. The van der Waals surface area contributed by atoms with E-state index in [1.165, 1.54) is 0 Å². The summed E-state index contributed by atoms with van der Waals surface area (Å²) < 4.78 is 0. The minimum Gasteiger partial charge on any atom is -0.507 e. The molecule has 0 aliphatic carbocycles. The molecule has 1 aliphatic heterocycles. The number of hydrogen-bond donors (Lipinski definition) is 2. The quantitative estimate of drug-likeness (QED) is 0.415. The number of aryl methyl sites for hydroxylation is 1. The van der Waals surface area contributed by atoms with E-state index in [1.54, 1.807) is 41.6 Å². The number of aromatic amines is 1. The number of aromatic nitrogens is 3. The Morgan fingerprint density at radius 1 is 1.16 bits per heavy atom. The molecule has 0 saturated heterocycles. The first kappa shape index (κ1) is 20.5. The van der Waals surface area contributed by atoms with E-state index in [0.29, 0.717) is 39.1 Å². The maximum Gasteiger partial charge on any atom is 0.273 e. The topological polar surface area (TPSA) is 82.1 Å². The van der Waals surface area contributed by atoms with Gasteiger partial charge >= 0.3 is 0 Å². The average Bonchev–Trinajstić information content (AvgIpc) is 3.32. The lowest BCUT2D eigenvalue weighted by molar-refractivity contribution is 0.0730. The smallest absolute Gasteiger partial charge is 0.273 e. The summed E-state index contributed by atoms with van der Waals surface area (Å²) in [5.74, 6) is -0.130. The Bertz CT molecular complexity index is 1320. The highest BCUT2D eigenvalue weighted by atomic mass is 35.5. The summed E-state index contributed by atoms with van der Waals surface area (Å²) in [6, 6.07) is 14.0. The molecular weight excluding hydrogens is 447 g/mol. The van der Waals surface area contributed by atoms with Crippen LogP contribution in [0.4, 0.5) is 0 Å². The lowest BCUT2D eigenvalue weighted by Gasteiger charge is -2.26. The molecule has 0 radical (unpaired) electrons. The molecule has 1 atom stereocenters. The summed E-state index contributed by atoms with van der Waals surface area (Å²) in [5, 5.41) is 19.0. The number of nitrogens with one attached hydrogen (secondary N) is 1. The molecule has 0 saturated carbocycles. The largest absolute Gasteiger partial charge is 0.507 e. The summed E-state index contributed by atoms with van der Waals surface area (Å²) in [7, 11) is 0. The zero-order valence-corrected chi connectivity index (χ0v) is 18.5. The maximum absolute atomic E-state index is 13.4. The number of nitrogens with zero attached hydrogens (tertiary/aromatic N) is 3. The molecule has 2 aromatic heterocycles. The second-order valence-corrected chi connectivity index (χ2v) is 8.57. The van der Waals surface area contributed by atoms with Crippen molar-refractivity contribution < 1.29 is 9.90 Å². The summed E-state index contributed by atoms with van der Waals surface area (Å²) in [6.07, 6.45) is 3.43. The van der Waals surface area contributed by atoms with Gasteiger partial charge in [0.2, 0.25) is 0 Å². The molecule has 1 amide bonds. The maximum atomic E-state index is 13.4. The second kappa shape index (κ2) is 7.97. The van der Waals surface area contributed by atoms with Crippen molar-refractivity contribution in [2.75, 3.05) is 0 Å². The monoisotopic (exact) mass is 464 g/mol. The average molecular weight is 465 g/mol. The molecule has 0 bridgehead atoms. The van der Waals surface area contributed by atoms with Gasteiger partial charge in [-0.3, -0.25) is 14.9 Å². The lowest BCUT2D eigenvalue weighted by Crippen LogP contribution is -2.29. The molecule has 0 fully saturated rings. The third kappa shape index (κ3) is 3.42. The van der Waals surface area contributed by atoms with Crippen LogP contribution in [0, 0.1) is 6.92 Å². The Balaban J connectivity index is 1.68. The van der Waals surface area contributed by atoms with E-state index in [0.717, 1.165) is 16.7 Å². The molecule has 32 heavy (non-hydrogen) atoms. The van der Waals surface area contributed by atoms with Gasteiger partial charge in [-0.1, -0.05) is 41.4 Å². The molecule has 6 nitrogen and oxygen atoms in total. The normalized spacial score (nSPS) is 15.3. The number of benzene rings is 2. The van der Waals surface area contributed by atoms with Crippen LogP contribution in [-0.4, -0.2) is 31.1 Å². The van der Waals surface area contributed by atoms with Crippen molar-refractivity contribution >= 4 is 29.1 Å². The number of aromatic hydroxyl groups is 1. The molecule has 5 rings (SSSR count). The summed E-state index contributed by atoms with van der Waals surface area (Å²) in [5.41, 5.74) is 4.57. The van der Waals surface area contributed by atoms with Crippen molar-refractivity contribution in [1.82, 2.24) is 20.1 Å². The zero-order valence-electron chi connectivity index (χ0n) is 17.0. The van der Waals surface area contributed by atoms with Crippen LogP contribution >= 0.6 is 23.2 Å². The van der Waals surface area contributed by atoms with Crippen LogP contribution in [-0.2, 0) is 6.54 Å². The standard InChI is InChI=1S/C24H18Cl2N4O2/c1-13-9-19(31)17(10-18(13)26)21-20-22(29-28-21)24(32)30(12-14-3-2-8-27-11-14)23(20)15-4-6-16(25)7-5-15/h2-11,23,31H,12H2,1H3,(H,28,29)/t23-/m0/s1. The summed E-state index contributed by atoms with van der Waals surface area (Å²) in [4.78, 5) is 19.4. The van der Waals surface area contributed by atoms with Crippen LogP contribution in [0.25, 0.3) is 11.3 Å². The highest BCUT2D eigenvalue weighted by Gasteiger charge is 2.42. The van der Waals surface area contributed by atoms with Crippen LogP contribution < -0.4 is 0 Å². The zero-order chi connectivity index (χ0) is 22.4. The van der Waals surface area contributed by atoms with Gasteiger partial charge in [0, 0.05) is 40.1 Å². The minimum absolute atomic E-state index is 0.0502. The number of fused-ring (bicyclic) bond motifs is 1. The fourth-order valence-corrected chi connectivity index (χ4v) is 4.39. The third-order valence-electron chi connectivity index (χ3n) is 5.66. The van der Waals surface area contributed by atoms with E-state index in [1.807, 2.05) is 31.2 Å². The number of phenolic OH excluding ortho intramolecular Hbond substituents is 1. The van der Waals surface area contributed by atoms with E-state index in [4.69, 9.17) is 23.2 Å². The van der Waals surface area contributed by atoms with Crippen molar-refractivity contribution in [2.45, 2.75) is 19.5 Å². The van der Waals surface area contributed by atoms with E-state index < -0.39 is 6.04 Å². The Hall–Kier alpha value is -3.35. The molecule has 160 valence electrons. The first-order valence-corrected chi connectivity index (χ1v) is 10.7. The Kier molecular flexibility index (Phi) is 5.12. The van der Waals surface area contributed by atoms with Crippen molar-refractivity contribution in [3.63, 3.8) is 0 Å². The molecule has 3 heterocycles. The van der Waals surface area contributed by atoms with Gasteiger partial charge in [-0.05, 0) is 53.9 Å². The predicted molar refractivity (Wildman–Crippen MR) is 123 cm³/mol. The first-order valence-electron chi connectivity index (χ1n) is 9.97. The molecule has 0 spiro atoms. The van der Waals surface area contributed by atoms with Gasteiger partial charge in [-0.15, -0.1) is 0 Å². The SMILES string of the molecule is Cc1cc(O)c(-c2n[nH]c3c2[C@H](c2ccc(Cl)cc2)N(Cc2cccnc2)C3=O)cc1Cl. The molecular formula is C24H18Cl2N4O2. The van der Waals surface area contributed by atoms with Gasteiger partial charge in [0.05, 0.1) is 6.04 Å². The van der Waals surface area contributed by atoms with Crippen LogP contribution in [0.3, 0.4) is 0 Å². The van der Waals surface area contributed by atoms with Crippen molar-refractivity contribution in [3.8, 4) is 17.0 Å². The molecule has 2 aromatic carbocycles. The number of halogens is 2. The second-order valence-electron chi connectivity index (χ2n) is 7.73. The number of hydrogen-bond acceptors (Lipinski definition) is 4. The van der Waals surface area contributed by atoms with Gasteiger partial charge in [0.25, 0.3) is 5.91 Å². The number of rotatable bonds is 4. The molecule has 2 N–H and O–H groups in total. The van der Waals surface area contributed by atoms with Gasteiger partial charge < -0.3 is 10.0 Å². The van der Waals surface area contributed by atoms with E-state index in [-0.39, 0.29) is 11.7 Å². The predicted octanol–water partition coefficient (Wildman–Crippen LogP) is 5.54. The Morgan fingerprint density at radius 2 is 1.94 bits per heavy atom. The van der Waals surface area contributed by atoms with Crippen molar-refractivity contribution in [3.05, 3.63) is 98.9 Å². The number of phenols is 1. The number of amides is 1. The highest BCUT2D eigenvalue weighted by molar-refractivity contribution is 6.31. The number of carbonyl (C=O) groups excluding carboxylic acids is 1. The summed E-state index contributed by atoms with van der Waals surface area (Å²) >= 11 is 12.5. The van der Waals surface area contributed by atoms with Crippen LogP contribution in [0.1, 0.15) is 38.8 Å². The molecule has 4 aromatic rings. The van der Waals surface area contributed by atoms with E-state index >= 15 is 0 Å². The molecule has 1 aliphatic rings. The number of carbonyl (C=O) groups is 1. The summed E-state index contributed by atoms with van der Waals surface area (Å²) in [6.45, 7) is 2.18. The van der Waals surface area contributed by atoms with E-state index in [9.17, 15) is 9.90 Å². The fourth-order valence-electron chi connectivity index (χ4n) is 4.10. The van der Waals surface area contributed by atoms with Gasteiger partial charge in [-0.2, -0.15) is 5.10 Å². The third-order valence-corrected chi connectivity index (χ3v) is 6.32. The fraction of sp³-hybridized carbons (Fsp3) is 0.125. The molecule has 0 unspecified atom stereocenters. The van der Waals surface area contributed by atoms with E-state index in [2.05, 4.69) is 15.2 Å². The van der Waals surface area contributed by atoms with Crippen LogP contribution in [0.15, 0.2) is 60.9 Å². The van der Waals surface area contributed by atoms with Crippen molar-refractivity contribution in [2.24, 2.45) is 0 Å². The van der Waals surface area contributed by atoms with Crippen molar-refractivity contribution in [1.29, 1.82) is 0 Å².